The highest BCUT2D eigenvalue weighted by molar-refractivity contribution is 7.89. The lowest BCUT2D eigenvalue weighted by molar-refractivity contribution is -0.125. The maximum absolute atomic E-state index is 13.4. The van der Waals surface area contributed by atoms with Gasteiger partial charge in [-0.2, -0.15) is 0 Å². The zero-order chi connectivity index (χ0) is 22.4. The Morgan fingerprint density at radius 2 is 1.90 bits per heavy atom. The van der Waals surface area contributed by atoms with E-state index in [1.54, 1.807) is 12.2 Å². The van der Waals surface area contributed by atoms with Crippen molar-refractivity contribution >= 4 is 15.9 Å². The van der Waals surface area contributed by atoms with Gasteiger partial charge in [-0.05, 0) is 30.7 Å². The van der Waals surface area contributed by atoms with Crippen molar-refractivity contribution in [1.29, 1.82) is 0 Å². The minimum atomic E-state index is -4.02. The van der Waals surface area contributed by atoms with Gasteiger partial charge < -0.3 is 15.2 Å². The number of amides is 1. The second kappa shape index (κ2) is 10.1. The lowest BCUT2D eigenvalue weighted by atomic mass is 10.0. The van der Waals surface area contributed by atoms with Crippen LogP contribution in [0.25, 0.3) is 0 Å². The number of rotatable bonds is 8. The van der Waals surface area contributed by atoms with Crippen LogP contribution in [0.1, 0.15) is 24.9 Å². The maximum Gasteiger partial charge on any atom is 0.241 e. The van der Waals surface area contributed by atoms with Crippen molar-refractivity contribution in [3.8, 4) is 0 Å². The summed E-state index contributed by atoms with van der Waals surface area (Å²) in [6, 6.07) is 13.1. The molecule has 0 saturated carbocycles. The molecule has 3 rings (SSSR count). The summed E-state index contributed by atoms with van der Waals surface area (Å²) < 4.78 is 46.5. The Bertz CT molecular complexity index is 1030. The smallest absolute Gasteiger partial charge is 0.241 e. The second-order valence-electron chi connectivity index (χ2n) is 7.29. The van der Waals surface area contributed by atoms with Gasteiger partial charge in [-0.15, -0.1) is 0 Å². The first-order valence-corrected chi connectivity index (χ1v) is 11.3. The largest absolute Gasteiger partial charge is 0.394 e. The van der Waals surface area contributed by atoms with Gasteiger partial charge in [0.2, 0.25) is 15.9 Å². The van der Waals surface area contributed by atoms with Crippen molar-refractivity contribution in [2.24, 2.45) is 0 Å². The first kappa shape index (κ1) is 23.1. The average Bonchev–Trinajstić information content (AvgIpc) is 2.75. The van der Waals surface area contributed by atoms with Gasteiger partial charge in [0, 0.05) is 0 Å². The van der Waals surface area contributed by atoms with Crippen LogP contribution in [0.3, 0.4) is 0 Å². The molecule has 2 aromatic carbocycles. The molecular weight excluding hydrogens is 423 g/mol. The highest BCUT2D eigenvalue weighted by Crippen LogP contribution is 2.19. The lowest BCUT2D eigenvalue weighted by Gasteiger charge is -2.31. The number of hydrogen-bond acceptors (Lipinski definition) is 5. The lowest BCUT2D eigenvalue weighted by Crippen LogP contribution is -2.49. The number of nitrogens with one attached hydrogen (secondary N) is 2. The number of aliphatic hydroxyl groups is 1. The first-order chi connectivity index (χ1) is 14.8. The van der Waals surface area contributed by atoms with Crippen LogP contribution < -0.4 is 10.0 Å². The normalized spacial score (nSPS) is 22.1. The molecule has 0 aromatic heterocycles. The zero-order valence-electron chi connectivity index (χ0n) is 16.9. The summed E-state index contributed by atoms with van der Waals surface area (Å²) in [5.74, 6) is -0.908. The maximum atomic E-state index is 13.4. The zero-order valence-corrected chi connectivity index (χ0v) is 17.8. The minimum Gasteiger partial charge on any atom is -0.394 e. The summed E-state index contributed by atoms with van der Waals surface area (Å²) in [6.07, 6.45) is 1.64. The second-order valence-corrected chi connectivity index (χ2v) is 9.00. The Morgan fingerprint density at radius 3 is 2.58 bits per heavy atom. The highest BCUT2D eigenvalue weighted by atomic mass is 32.2. The molecule has 1 heterocycles. The summed E-state index contributed by atoms with van der Waals surface area (Å²) in [5.41, 5.74) is 0.969. The van der Waals surface area contributed by atoms with E-state index in [2.05, 4.69) is 10.0 Å². The number of hydrogen-bond donors (Lipinski definition) is 3. The number of sulfonamides is 1. The molecule has 0 fully saturated rings. The van der Waals surface area contributed by atoms with Crippen molar-refractivity contribution in [2.45, 2.75) is 42.5 Å². The third kappa shape index (κ3) is 6.20. The van der Waals surface area contributed by atoms with E-state index in [4.69, 9.17) is 4.74 Å². The molecule has 3 N–H and O–H groups in total. The molecule has 0 saturated heterocycles. The van der Waals surface area contributed by atoms with Gasteiger partial charge in [0.1, 0.15) is 11.9 Å². The van der Waals surface area contributed by atoms with Gasteiger partial charge in [0.05, 0.1) is 36.1 Å². The standard InChI is InChI=1S/C22H25FN2O5S/c1-15(16-6-3-2-4-7-16)24-22(27)13-18-10-11-20(21(14-26)30-18)25-31(28,29)19-9-5-8-17(23)12-19/h2-12,15,18,20-21,25-26H,13-14H2,1H3,(H,24,27)/t15-,18-,20+,21+/m1/s1. The van der Waals surface area contributed by atoms with E-state index in [9.17, 15) is 22.7 Å². The monoisotopic (exact) mass is 448 g/mol. The SMILES string of the molecule is C[C@@H](NC(=O)C[C@H]1C=C[C@H](NS(=O)(=O)c2cccc(F)c2)[C@H](CO)O1)c1ccccc1. The number of benzene rings is 2. The van der Waals surface area contributed by atoms with E-state index in [0.29, 0.717) is 0 Å². The summed E-state index contributed by atoms with van der Waals surface area (Å²) in [6.45, 7) is 1.41. The molecule has 0 bridgehead atoms. The van der Waals surface area contributed by atoms with E-state index >= 15 is 0 Å². The molecule has 0 radical (unpaired) electrons. The van der Waals surface area contributed by atoms with E-state index in [1.807, 2.05) is 37.3 Å². The summed E-state index contributed by atoms with van der Waals surface area (Å²) in [4.78, 5) is 12.2. The number of ether oxygens (including phenoxy) is 1. The predicted molar refractivity (Wildman–Crippen MR) is 113 cm³/mol. The molecule has 1 aliphatic rings. The summed E-state index contributed by atoms with van der Waals surface area (Å²) in [7, 11) is -4.02. The van der Waals surface area contributed by atoms with Crippen LogP contribution in [0.4, 0.5) is 4.39 Å². The predicted octanol–water partition coefficient (Wildman–Crippen LogP) is 2.06. The molecule has 0 spiro atoms. The molecule has 7 nitrogen and oxygen atoms in total. The molecule has 9 heteroatoms. The third-order valence-corrected chi connectivity index (χ3v) is 6.38. The molecule has 2 aromatic rings. The van der Waals surface area contributed by atoms with Crippen LogP contribution in [0.2, 0.25) is 0 Å². The highest BCUT2D eigenvalue weighted by Gasteiger charge is 2.31. The molecule has 4 atom stereocenters. The molecule has 0 unspecified atom stereocenters. The molecular formula is C22H25FN2O5S. The topological polar surface area (TPSA) is 105 Å². The van der Waals surface area contributed by atoms with Crippen molar-refractivity contribution in [1.82, 2.24) is 10.0 Å². The van der Waals surface area contributed by atoms with Crippen LogP contribution >= 0.6 is 0 Å². The third-order valence-electron chi connectivity index (χ3n) is 4.92. The fourth-order valence-corrected chi connectivity index (χ4v) is 4.55. The van der Waals surface area contributed by atoms with E-state index in [0.717, 1.165) is 17.7 Å². The van der Waals surface area contributed by atoms with Crippen LogP contribution in [-0.4, -0.2) is 44.3 Å². The number of carbonyl (C=O) groups excluding carboxylic acids is 1. The Morgan fingerprint density at radius 1 is 1.16 bits per heavy atom. The molecule has 166 valence electrons. The van der Waals surface area contributed by atoms with Gasteiger partial charge in [0.15, 0.2) is 0 Å². The Labute approximate surface area is 181 Å². The number of aliphatic hydroxyl groups excluding tert-OH is 1. The fourth-order valence-electron chi connectivity index (χ4n) is 3.30. The average molecular weight is 449 g/mol. The van der Waals surface area contributed by atoms with Gasteiger partial charge in [-0.3, -0.25) is 4.79 Å². The molecule has 0 aliphatic carbocycles. The van der Waals surface area contributed by atoms with Crippen molar-refractivity contribution < 1.29 is 27.4 Å². The summed E-state index contributed by atoms with van der Waals surface area (Å²) in [5, 5.41) is 12.6. The number of halogens is 1. The van der Waals surface area contributed by atoms with Crippen molar-refractivity contribution in [3.05, 3.63) is 78.1 Å². The van der Waals surface area contributed by atoms with Gasteiger partial charge in [-0.1, -0.05) is 48.6 Å². The fraction of sp³-hybridized carbons (Fsp3) is 0.318. The molecule has 1 amide bonds. The molecule has 1 aliphatic heterocycles. The van der Waals surface area contributed by atoms with Gasteiger partial charge >= 0.3 is 0 Å². The van der Waals surface area contributed by atoms with Crippen LogP contribution in [-0.2, 0) is 19.6 Å². The van der Waals surface area contributed by atoms with Gasteiger partial charge in [-0.25, -0.2) is 17.5 Å². The van der Waals surface area contributed by atoms with Crippen molar-refractivity contribution in [3.63, 3.8) is 0 Å². The quantitative estimate of drug-likeness (QED) is 0.536. The van der Waals surface area contributed by atoms with Gasteiger partial charge in [0.25, 0.3) is 0 Å². The Kier molecular flexibility index (Phi) is 7.55. The van der Waals surface area contributed by atoms with Crippen LogP contribution in [0, 0.1) is 5.82 Å². The van der Waals surface area contributed by atoms with E-state index in [1.165, 1.54) is 12.1 Å². The van der Waals surface area contributed by atoms with E-state index in [-0.39, 0.29) is 23.3 Å². The van der Waals surface area contributed by atoms with Crippen LogP contribution in [0.5, 0.6) is 0 Å². The Balaban J connectivity index is 1.61. The van der Waals surface area contributed by atoms with Crippen LogP contribution in [0.15, 0.2) is 71.6 Å². The Hall–Kier alpha value is -2.59. The first-order valence-electron chi connectivity index (χ1n) is 9.85. The molecule has 31 heavy (non-hydrogen) atoms. The van der Waals surface area contributed by atoms with E-state index < -0.39 is 40.7 Å². The minimum absolute atomic E-state index is 0.0214. The van der Waals surface area contributed by atoms with Crippen molar-refractivity contribution in [2.75, 3.05) is 6.61 Å². The number of carbonyl (C=O) groups is 1. The summed E-state index contributed by atoms with van der Waals surface area (Å²) >= 11 is 0.